The van der Waals surface area contributed by atoms with E-state index in [4.69, 9.17) is 16.3 Å². The van der Waals surface area contributed by atoms with Crippen molar-refractivity contribution in [3.05, 3.63) is 46.5 Å². The Hall–Kier alpha value is -2.94. The van der Waals surface area contributed by atoms with Crippen molar-refractivity contribution in [2.24, 2.45) is 0 Å². The molecule has 1 atom stereocenters. The van der Waals surface area contributed by atoms with Gasteiger partial charge in [0.25, 0.3) is 0 Å². The van der Waals surface area contributed by atoms with E-state index in [9.17, 15) is 18.4 Å². The van der Waals surface area contributed by atoms with Gasteiger partial charge in [-0.05, 0) is 17.0 Å². The van der Waals surface area contributed by atoms with Crippen LogP contribution in [0.25, 0.3) is 0 Å². The number of anilines is 1. The van der Waals surface area contributed by atoms with Crippen molar-refractivity contribution in [3.8, 4) is 11.6 Å². The summed E-state index contributed by atoms with van der Waals surface area (Å²) < 4.78 is 35.3. The van der Waals surface area contributed by atoms with Gasteiger partial charge in [-0.1, -0.05) is 49.7 Å². The monoisotopic (exact) mass is 453 g/mol. The summed E-state index contributed by atoms with van der Waals surface area (Å²) in [6, 6.07) is 8.42. The van der Waals surface area contributed by atoms with Gasteiger partial charge in [0.15, 0.2) is 11.6 Å². The van der Waals surface area contributed by atoms with Crippen molar-refractivity contribution in [2.45, 2.75) is 38.2 Å². The number of ether oxygens (including phenoxy) is 2. The van der Waals surface area contributed by atoms with Crippen LogP contribution < -0.4 is 20.1 Å². The number of benzene rings is 1. The molecule has 0 saturated carbocycles. The van der Waals surface area contributed by atoms with Gasteiger partial charge < -0.3 is 20.1 Å². The molecule has 1 aliphatic heterocycles. The highest BCUT2D eigenvalue weighted by molar-refractivity contribution is 6.32. The maximum absolute atomic E-state index is 13.5. The zero-order valence-electron chi connectivity index (χ0n) is 17.2. The fraction of sp³-hybridized carbons (Fsp3) is 0.381. The molecule has 0 aliphatic carbocycles. The molecule has 2 N–H and O–H groups in total. The molecule has 10 heteroatoms. The van der Waals surface area contributed by atoms with Crippen LogP contribution in [0.1, 0.15) is 37.3 Å². The number of carbonyl (C=O) groups is 2. The summed E-state index contributed by atoms with van der Waals surface area (Å²) in [6.07, 6.45) is -0.0989. The first kappa shape index (κ1) is 22.7. The molecule has 1 aromatic heterocycles. The van der Waals surface area contributed by atoms with Crippen LogP contribution in [0, 0.1) is 0 Å². The highest BCUT2D eigenvalue weighted by Crippen LogP contribution is 2.39. The number of aromatic nitrogens is 1. The summed E-state index contributed by atoms with van der Waals surface area (Å²) in [5.74, 6) is -1.57. The molecule has 2 aromatic rings. The van der Waals surface area contributed by atoms with E-state index in [1.807, 2.05) is 26.0 Å². The molecule has 0 bridgehead atoms. The molecule has 7 nitrogen and oxygen atoms in total. The minimum absolute atomic E-state index is 0.0527. The van der Waals surface area contributed by atoms with E-state index in [0.29, 0.717) is 5.56 Å². The van der Waals surface area contributed by atoms with Crippen LogP contribution >= 0.6 is 11.6 Å². The zero-order chi connectivity index (χ0) is 22.8. The molecule has 2 heterocycles. The molecular formula is C21H22ClF2N3O4. The van der Waals surface area contributed by atoms with Gasteiger partial charge in [0.05, 0.1) is 7.11 Å². The Labute approximate surface area is 183 Å². The number of alkyl halides is 2. The Kier molecular flexibility index (Phi) is 6.64. The summed E-state index contributed by atoms with van der Waals surface area (Å²) in [7, 11) is 1.30. The lowest BCUT2D eigenvalue weighted by Crippen LogP contribution is -2.43. The highest BCUT2D eigenvalue weighted by atomic mass is 35.5. The Morgan fingerprint density at radius 1 is 1.32 bits per heavy atom. The highest BCUT2D eigenvalue weighted by Gasteiger charge is 2.48. The first-order valence-corrected chi connectivity index (χ1v) is 9.92. The average molecular weight is 454 g/mol. The van der Waals surface area contributed by atoms with Gasteiger partial charge in [0, 0.05) is 19.0 Å². The maximum Gasteiger partial charge on any atom is 0.387 e. The van der Waals surface area contributed by atoms with Crippen LogP contribution in [-0.2, 0) is 15.0 Å². The van der Waals surface area contributed by atoms with E-state index >= 15 is 0 Å². The molecule has 1 fully saturated rings. The van der Waals surface area contributed by atoms with Crippen LogP contribution in [0.2, 0.25) is 5.02 Å². The number of amides is 2. The summed E-state index contributed by atoms with van der Waals surface area (Å²) >= 11 is 5.97. The second-order valence-corrected chi connectivity index (χ2v) is 7.84. The van der Waals surface area contributed by atoms with Gasteiger partial charge in [-0.25, -0.2) is 0 Å². The van der Waals surface area contributed by atoms with E-state index in [0.717, 1.165) is 11.6 Å². The summed E-state index contributed by atoms with van der Waals surface area (Å²) in [6.45, 7) is 0.855. The lowest BCUT2D eigenvalue weighted by Gasteiger charge is -2.30. The molecule has 1 aliphatic rings. The van der Waals surface area contributed by atoms with E-state index in [1.54, 1.807) is 12.1 Å². The van der Waals surface area contributed by atoms with Gasteiger partial charge in [-0.15, -0.1) is 0 Å². The molecule has 0 spiro atoms. The average Bonchev–Trinajstić information content (AvgIpc) is 3.12. The van der Waals surface area contributed by atoms with Gasteiger partial charge >= 0.3 is 6.61 Å². The number of pyridine rings is 1. The van der Waals surface area contributed by atoms with Crippen LogP contribution in [0.15, 0.2) is 30.3 Å². The fourth-order valence-corrected chi connectivity index (χ4v) is 3.88. The minimum Gasteiger partial charge on any atom is -0.480 e. The van der Waals surface area contributed by atoms with Crippen LogP contribution in [0.4, 0.5) is 14.6 Å². The third-order valence-electron chi connectivity index (χ3n) is 5.13. The first-order valence-electron chi connectivity index (χ1n) is 9.55. The number of rotatable bonds is 7. The SMILES string of the molecule is COc1nc(NC(=O)C2(c3ccccc3C(C)C)CNC(=O)C2)c(OC(F)F)cc1Cl. The topological polar surface area (TPSA) is 89.5 Å². The van der Waals surface area contributed by atoms with Crippen molar-refractivity contribution >= 4 is 29.2 Å². The Morgan fingerprint density at radius 3 is 2.61 bits per heavy atom. The summed E-state index contributed by atoms with van der Waals surface area (Å²) in [4.78, 5) is 29.7. The van der Waals surface area contributed by atoms with Gasteiger partial charge in [-0.3, -0.25) is 9.59 Å². The second kappa shape index (κ2) is 9.05. The molecular weight excluding hydrogens is 432 g/mol. The van der Waals surface area contributed by atoms with Crippen molar-refractivity contribution in [1.29, 1.82) is 0 Å². The second-order valence-electron chi connectivity index (χ2n) is 7.44. The van der Waals surface area contributed by atoms with E-state index in [1.165, 1.54) is 7.11 Å². The van der Waals surface area contributed by atoms with Crippen molar-refractivity contribution in [2.75, 3.05) is 19.0 Å². The molecule has 31 heavy (non-hydrogen) atoms. The Bertz CT molecular complexity index is 1000. The predicted molar refractivity (Wildman–Crippen MR) is 111 cm³/mol. The van der Waals surface area contributed by atoms with Gasteiger partial charge in [0.2, 0.25) is 17.7 Å². The maximum atomic E-state index is 13.5. The fourth-order valence-electron chi connectivity index (χ4n) is 3.66. The van der Waals surface area contributed by atoms with Crippen LogP contribution in [-0.4, -0.2) is 37.1 Å². The smallest absolute Gasteiger partial charge is 0.387 e. The van der Waals surface area contributed by atoms with Gasteiger partial charge in [-0.2, -0.15) is 13.8 Å². The number of hydrogen-bond donors (Lipinski definition) is 2. The van der Waals surface area contributed by atoms with Crippen molar-refractivity contribution in [3.63, 3.8) is 0 Å². The predicted octanol–water partition coefficient (Wildman–Crippen LogP) is 3.86. The van der Waals surface area contributed by atoms with E-state index in [-0.39, 0.29) is 41.5 Å². The van der Waals surface area contributed by atoms with Crippen molar-refractivity contribution < 1.29 is 27.8 Å². The molecule has 1 aromatic carbocycles. The third kappa shape index (κ3) is 4.56. The summed E-state index contributed by atoms with van der Waals surface area (Å²) in [5.41, 5.74) is 0.326. The Balaban J connectivity index is 2.07. The van der Waals surface area contributed by atoms with Crippen molar-refractivity contribution in [1.82, 2.24) is 10.3 Å². The van der Waals surface area contributed by atoms with Crippen LogP contribution in [0.3, 0.4) is 0 Å². The minimum atomic E-state index is -3.16. The molecule has 1 unspecified atom stereocenters. The zero-order valence-corrected chi connectivity index (χ0v) is 17.9. The number of nitrogens with one attached hydrogen (secondary N) is 2. The number of methoxy groups -OCH3 is 1. The lowest BCUT2D eigenvalue weighted by molar-refractivity contribution is -0.124. The summed E-state index contributed by atoms with van der Waals surface area (Å²) in [5, 5.41) is 5.19. The third-order valence-corrected chi connectivity index (χ3v) is 5.40. The first-order chi connectivity index (χ1) is 14.7. The number of hydrogen-bond acceptors (Lipinski definition) is 5. The quantitative estimate of drug-likeness (QED) is 0.664. The normalized spacial score (nSPS) is 18.3. The molecule has 2 amide bonds. The largest absolute Gasteiger partial charge is 0.480 e. The molecule has 166 valence electrons. The number of nitrogens with zero attached hydrogens (tertiary/aromatic N) is 1. The number of halogens is 3. The molecule has 0 radical (unpaired) electrons. The van der Waals surface area contributed by atoms with Gasteiger partial charge in [0.1, 0.15) is 10.4 Å². The van der Waals surface area contributed by atoms with E-state index in [2.05, 4.69) is 20.4 Å². The molecule has 1 saturated heterocycles. The lowest BCUT2D eigenvalue weighted by atomic mass is 9.74. The number of carbonyl (C=O) groups excluding carboxylic acids is 2. The standard InChI is InChI=1S/C21H22ClF2N3O4/c1-11(2)12-6-4-5-7-13(12)21(9-16(28)25-10-21)19(29)27-17-15(31-20(23)24)8-14(22)18(26-17)30-3/h4-8,11,20H,9-10H2,1-3H3,(H,25,28)(H,26,27,29). The van der Waals surface area contributed by atoms with E-state index < -0.39 is 23.7 Å². The molecule has 3 rings (SSSR count). The Morgan fingerprint density at radius 2 is 2.03 bits per heavy atom. The van der Waals surface area contributed by atoms with Crippen LogP contribution in [0.5, 0.6) is 11.6 Å².